The summed E-state index contributed by atoms with van der Waals surface area (Å²) in [5.41, 5.74) is 1.63. The van der Waals surface area contributed by atoms with Crippen molar-refractivity contribution in [3.05, 3.63) is 23.8 Å². The van der Waals surface area contributed by atoms with Crippen molar-refractivity contribution >= 4 is 11.8 Å². The van der Waals surface area contributed by atoms with Gasteiger partial charge in [0.2, 0.25) is 0 Å². The van der Waals surface area contributed by atoms with E-state index >= 15 is 0 Å². The molecule has 0 bridgehead atoms. The number of esters is 1. The Bertz CT molecular complexity index is 855. The second-order valence-electron chi connectivity index (χ2n) is 12.1. The fourth-order valence-electron chi connectivity index (χ4n) is 9.59. The Morgan fingerprint density at radius 2 is 1.79 bits per heavy atom. The minimum atomic E-state index is -0.301. The van der Waals surface area contributed by atoms with Crippen LogP contribution in [0.5, 0.6) is 0 Å². The van der Waals surface area contributed by atoms with Gasteiger partial charge < -0.3 is 4.74 Å². The van der Waals surface area contributed by atoms with E-state index in [4.69, 9.17) is 4.74 Å². The highest BCUT2D eigenvalue weighted by molar-refractivity contribution is 5.93. The summed E-state index contributed by atoms with van der Waals surface area (Å²) in [6, 6.07) is 0. The van der Waals surface area contributed by atoms with Crippen molar-refractivity contribution in [2.24, 2.45) is 51.8 Å². The Balaban J connectivity index is 0.00000126. The van der Waals surface area contributed by atoms with Gasteiger partial charge in [-0.3, -0.25) is 9.59 Å². The highest BCUT2D eigenvalue weighted by Gasteiger charge is 2.63. The number of methoxy groups -OCH3 is 1. The van der Waals surface area contributed by atoms with E-state index in [2.05, 4.69) is 39.8 Å². The van der Waals surface area contributed by atoms with Gasteiger partial charge >= 0.3 is 5.97 Å². The highest BCUT2D eigenvalue weighted by Crippen LogP contribution is 2.69. The third kappa shape index (κ3) is 3.34. The Morgan fingerprint density at radius 3 is 2.48 bits per heavy atom. The SMILES string of the molecule is CC.COC(=O)C12CCCC(C)C1C1=CCC3C4(C)C=CC(=O)C(C)C4CCC3(C)C1CC2. The highest BCUT2D eigenvalue weighted by atomic mass is 16.5. The maximum atomic E-state index is 13.1. The van der Waals surface area contributed by atoms with Crippen LogP contribution in [0.2, 0.25) is 0 Å². The molecule has 3 heteroatoms. The monoisotopic (exact) mass is 454 g/mol. The van der Waals surface area contributed by atoms with Gasteiger partial charge in [-0.1, -0.05) is 72.1 Å². The molecule has 5 aliphatic rings. The van der Waals surface area contributed by atoms with Crippen molar-refractivity contribution in [1.29, 1.82) is 0 Å². The van der Waals surface area contributed by atoms with Gasteiger partial charge in [0.25, 0.3) is 0 Å². The lowest BCUT2D eigenvalue weighted by Gasteiger charge is -2.65. The number of rotatable bonds is 1. The van der Waals surface area contributed by atoms with E-state index in [1.165, 1.54) is 12.8 Å². The van der Waals surface area contributed by atoms with E-state index in [0.29, 0.717) is 35.4 Å². The Hall–Kier alpha value is -1.38. The zero-order chi connectivity index (χ0) is 24.2. The second-order valence-corrected chi connectivity index (χ2v) is 12.1. The van der Waals surface area contributed by atoms with Gasteiger partial charge in [0.15, 0.2) is 5.78 Å². The largest absolute Gasteiger partial charge is 0.469 e. The molecule has 0 saturated heterocycles. The zero-order valence-electron chi connectivity index (χ0n) is 22.1. The molecule has 0 aromatic rings. The number of carbonyl (C=O) groups excluding carboxylic acids is 2. The van der Waals surface area contributed by atoms with Crippen molar-refractivity contribution in [2.75, 3.05) is 7.11 Å². The van der Waals surface area contributed by atoms with E-state index in [1.807, 2.05) is 19.9 Å². The number of ketones is 1. The summed E-state index contributed by atoms with van der Waals surface area (Å²) in [6.45, 7) is 13.5. The Kier molecular flexibility index (Phi) is 6.51. The van der Waals surface area contributed by atoms with Crippen molar-refractivity contribution in [3.8, 4) is 0 Å². The van der Waals surface area contributed by atoms with Crippen molar-refractivity contribution in [1.82, 2.24) is 0 Å². The third-order valence-corrected chi connectivity index (χ3v) is 11.1. The molecule has 0 aromatic heterocycles. The second kappa shape index (κ2) is 8.68. The van der Waals surface area contributed by atoms with Gasteiger partial charge in [0.05, 0.1) is 12.5 Å². The molecule has 184 valence electrons. The lowest BCUT2D eigenvalue weighted by Crippen LogP contribution is -2.59. The summed E-state index contributed by atoms with van der Waals surface area (Å²) >= 11 is 0. The summed E-state index contributed by atoms with van der Waals surface area (Å²) in [7, 11) is 1.58. The minimum Gasteiger partial charge on any atom is -0.469 e. The number of allylic oxidation sites excluding steroid dienone is 4. The average Bonchev–Trinajstić information content (AvgIpc) is 2.82. The average molecular weight is 455 g/mol. The first-order chi connectivity index (χ1) is 15.7. The fourth-order valence-corrected chi connectivity index (χ4v) is 9.59. The molecule has 0 heterocycles. The van der Waals surface area contributed by atoms with Crippen molar-refractivity contribution in [2.45, 2.75) is 92.9 Å². The van der Waals surface area contributed by atoms with Crippen LogP contribution in [0.25, 0.3) is 0 Å². The van der Waals surface area contributed by atoms with E-state index in [0.717, 1.165) is 38.5 Å². The van der Waals surface area contributed by atoms with Gasteiger partial charge in [-0.05, 0) is 85.0 Å². The van der Waals surface area contributed by atoms with Crippen LogP contribution in [0, 0.1) is 51.8 Å². The van der Waals surface area contributed by atoms with Crippen LogP contribution in [-0.4, -0.2) is 18.9 Å². The molecule has 0 spiro atoms. The molecule has 9 atom stereocenters. The maximum Gasteiger partial charge on any atom is 0.312 e. The minimum absolute atomic E-state index is 0.0360. The van der Waals surface area contributed by atoms with Crippen molar-refractivity contribution in [3.63, 3.8) is 0 Å². The quantitative estimate of drug-likeness (QED) is 0.312. The summed E-state index contributed by atoms with van der Waals surface area (Å²) in [5, 5.41) is 0. The molecule has 3 saturated carbocycles. The molecule has 0 amide bonds. The molecule has 5 rings (SSSR count). The van der Waals surface area contributed by atoms with Crippen LogP contribution in [0.3, 0.4) is 0 Å². The molecule has 3 fully saturated rings. The number of carbonyl (C=O) groups is 2. The molecule has 9 unspecified atom stereocenters. The smallest absolute Gasteiger partial charge is 0.312 e. The van der Waals surface area contributed by atoms with E-state index in [9.17, 15) is 9.59 Å². The summed E-state index contributed by atoms with van der Waals surface area (Å²) in [5.74, 6) is 2.98. The van der Waals surface area contributed by atoms with Crippen LogP contribution < -0.4 is 0 Å². The summed E-state index contributed by atoms with van der Waals surface area (Å²) < 4.78 is 5.41. The fraction of sp³-hybridized carbons (Fsp3) is 0.800. The molecule has 0 aliphatic heterocycles. The first kappa shape index (κ1) is 24.7. The first-order valence-electron chi connectivity index (χ1n) is 13.7. The van der Waals surface area contributed by atoms with Crippen LogP contribution in [0.15, 0.2) is 23.8 Å². The molecule has 33 heavy (non-hydrogen) atoms. The molecule has 5 aliphatic carbocycles. The van der Waals surface area contributed by atoms with Gasteiger partial charge in [-0.25, -0.2) is 0 Å². The molecular formula is C30H46O3. The number of fused-ring (bicyclic) bond motifs is 7. The van der Waals surface area contributed by atoms with Gasteiger partial charge in [-0.15, -0.1) is 0 Å². The van der Waals surface area contributed by atoms with Crippen LogP contribution in [-0.2, 0) is 14.3 Å². The van der Waals surface area contributed by atoms with Crippen LogP contribution >= 0.6 is 0 Å². The van der Waals surface area contributed by atoms with E-state index in [1.54, 1.807) is 12.7 Å². The number of hydrogen-bond acceptors (Lipinski definition) is 3. The zero-order valence-corrected chi connectivity index (χ0v) is 22.1. The maximum absolute atomic E-state index is 13.1. The normalized spacial score (nSPS) is 48.1. The van der Waals surface area contributed by atoms with Gasteiger partial charge in [-0.2, -0.15) is 0 Å². The lowest BCUT2D eigenvalue weighted by molar-refractivity contribution is -0.166. The summed E-state index contributed by atoms with van der Waals surface area (Å²) in [6.07, 6.45) is 15.6. The molecule has 0 N–H and O–H groups in total. The van der Waals surface area contributed by atoms with Crippen molar-refractivity contribution < 1.29 is 14.3 Å². The lowest BCUT2D eigenvalue weighted by atomic mass is 9.39. The van der Waals surface area contributed by atoms with Gasteiger partial charge in [0.1, 0.15) is 0 Å². The van der Waals surface area contributed by atoms with E-state index in [-0.39, 0.29) is 28.1 Å². The number of hydrogen-bond donors (Lipinski definition) is 0. The first-order valence-corrected chi connectivity index (χ1v) is 13.7. The van der Waals surface area contributed by atoms with Crippen LogP contribution in [0.1, 0.15) is 92.9 Å². The molecule has 0 radical (unpaired) electrons. The van der Waals surface area contributed by atoms with E-state index < -0.39 is 0 Å². The Morgan fingerprint density at radius 1 is 1.06 bits per heavy atom. The Labute approximate surface area is 201 Å². The summed E-state index contributed by atoms with van der Waals surface area (Å²) in [4.78, 5) is 25.6. The predicted molar refractivity (Wildman–Crippen MR) is 133 cm³/mol. The van der Waals surface area contributed by atoms with Crippen LogP contribution in [0.4, 0.5) is 0 Å². The third-order valence-electron chi connectivity index (χ3n) is 11.1. The predicted octanol–water partition coefficient (Wildman–Crippen LogP) is 7.16. The number of ether oxygens (including phenoxy) is 1. The standard InChI is InChI=1S/C28H40O3.C2H6/c1-17-7-6-13-28(25(30)31-5)16-11-21-19(24(17)28)8-9-23-26(3)15-12-22(29)18(2)20(26)10-14-27(21,23)4;1-2/h8,12,15,17-18,20-21,23-24H,6-7,9-11,13-14,16H2,1-5H3;1-2H3. The van der Waals surface area contributed by atoms with Gasteiger partial charge in [0, 0.05) is 5.92 Å². The molecule has 3 nitrogen and oxygen atoms in total. The topological polar surface area (TPSA) is 43.4 Å². The molecular weight excluding hydrogens is 408 g/mol. The molecule has 0 aromatic carbocycles.